The van der Waals surface area contributed by atoms with Gasteiger partial charge in [-0.2, -0.15) is 0 Å². The fourth-order valence-corrected chi connectivity index (χ4v) is 2.70. The lowest BCUT2D eigenvalue weighted by Gasteiger charge is -2.13. The molecule has 0 heterocycles. The zero-order chi connectivity index (χ0) is 16.1. The first kappa shape index (κ1) is 15.3. The molecule has 0 spiro atoms. The molecule has 2 N–H and O–H groups in total. The van der Waals surface area contributed by atoms with Crippen LogP contribution in [0.1, 0.15) is 11.1 Å². The minimum absolute atomic E-state index is 0.183. The van der Waals surface area contributed by atoms with E-state index in [0.29, 0.717) is 6.42 Å². The zero-order valence-electron chi connectivity index (χ0n) is 13.3. The van der Waals surface area contributed by atoms with E-state index in [1.807, 2.05) is 18.2 Å². The van der Waals surface area contributed by atoms with Crippen molar-refractivity contribution in [1.82, 2.24) is 0 Å². The van der Waals surface area contributed by atoms with Crippen molar-refractivity contribution < 1.29 is 5.11 Å². The summed E-state index contributed by atoms with van der Waals surface area (Å²) in [4.78, 5) is 0. The molecule has 0 saturated carbocycles. The first-order valence-electron chi connectivity index (χ1n) is 7.89. The highest BCUT2D eigenvalue weighted by Crippen LogP contribution is 2.30. The van der Waals surface area contributed by atoms with Gasteiger partial charge in [-0.1, -0.05) is 60.2 Å². The summed E-state index contributed by atoms with van der Waals surface area (Å²) in [7, 11) is 0. The average Bonchev–Trinajstić information content (AvgIpc) is 2.57. The van der Waals surface area contributed by atoms with Crippen molar-refractivity contribution in [2.75, 3.05) is 11.9 Å². The third-order valence-electron chi connectivity index (χ3n) is 3.89. The predicted molar refractivity (Wildman–Crippen MR) is 97.1 cm³/mol. The summed E-state index contributed by atoms with van der Waals surface area (Å²) in [5.74, 6) is 0. The number of benzene rings is 3. The SMILES string of the molecule is Cc1cccc(-c2ccccc2Nc2ccc(CCO)cc2)c1. The van der Waals surface area contributed by atoms with Crippen LogP contribution in [-0.2, 0) is 6.42 Å². The Balaban J connectivity index is 1.89. The zero-order valence-corrected chi connectivity index (χ0v) is 13.3. The second kappa shape index (κ2) is 7.12. The van der Waals surface area contributed by atoms with Gasteiger partial charge in [0.15, 0.2) is 0 Å². The number of hydrogen-bond donors (Lipinski definition) is 2. The summed E-state index contributed by atoms with van der Waals surface area (Å²) in [6.07, 6.45) is 0.695. The van der Waals surface area contributed by atoms with Crippen molar-refractivity contribution in [1.29, 1.82) is 0 Å². The molecule has 0 bridgehead atoms. The molecule has 0 radical (unpaired) electrons. The molecule has 0 aliphatic heterocycles. The van der Waals surface area contributed by atoms with Crippen LogP contribution in [-0.4, -0.2) is 11.7 Å². The Kier molecular flexibility index (Phi) is 4.74. The average molecular weight is 303 g/mol. The molecule has 23 heavy (non-hydrogen) atoms. The third kappa shape index (κ3) is 3.79. The van der Waals surface area contributed by atoms with Gasteiger partial charge < -0.3 is 10.4 Å². The van der Waals surface area contributed by atoms with Crippen LogP contribution in [0.15, 0.2) is 72.8 Å². The third-order valence-corrected chi connectivity index (χ3v) is 3.89. The summed E-state index contributed by atoms with van der Waals surface area (Å²) in [5, 5.41) is 12.5. The van der Waals surface area contributed by atoms with Crippen LogP contribution in [0.4, 0.5) is 11.4 Å². The van der Waals surface area contributed by atoms with E-state index in [1.54, 1.807) is 0 Å². The molecule has 3 aromatic carbocycles. The second-order valence-electron chi connectivity index (χ2n) is 5.71. The van der Waals surface area contributed by atoms with Crippen LogP contribution in [0.25, 0.3) is 11.1 Å². The molecule has 0 unspecified atom stereocenters. The van der Waals surface area contributed by atoms with Gasteiger partial charge in [-0.25, -0.2) is 0 Å². The standard InChI is InChI=1S/C21H21NO/c1-16-5-4-6-18(15-16)20-7-2-3-8-21(20)22-19-11-9-17(10-12-19)13-14-23/h2-12,15,22-23H,13-14H2,1H3. The number of hydrogen-bond acceptors (Lipinski definition) is 2. The Hall–Kier alpha value is -2.58. The number of anilines is 2. The van der Waals surface area contributed by atoms with Crippen molar-refractivity contribution in [2.24, 2.45) is 0 Å². The molecule has 0 fully saturated rings. The lowest BCUT2D eigenvalue weighted by Crippen LogP contribution is -1.95. The Morgan fingerprint density at radius 2 is 1.65 bits per heavy atom. The highest BCUT2D eigenvalue weighted by atomic mass is 16.2. The molecule has 2 nitrogen and oxygen atoms in total. The van der Waals surface area contributed by atoms with E-state index in [4.69, 9.17) is 5.11 Å². The number of aliphatic hydroxyl groups is 1. The van der Waals surface area contributed by atoms with Crippen molar-refractivity contribution in [3.05, 3.63) is 83.9 Å². The molecule has 0 saturated heterocycles. The van der Waals surface area contributed by atoms with Gasteiger partial charge >= 0.3 is 0 Å². The topological polar surface area (TPSA) is 32.3 Å². The van der Waals surface area contributed by atoms with Crippen LogP contribution in [0, 0.1) is 6.92 Å². The molecule has 0 aliphatic carbocycles. The smallest absolute Gasteiger partial charge is 0.0471 e. The number of rotatable bonds is 5. The molecule has 116 valence electrons. The first-order chi connectivity index (χ1) is 11.3. The number of aryl methyl sites for hydroxylation is 1. The summed E-state index contributed by atoms with van der Waals surface area (Å²) in [6, 6.07) is 25.1. The van der Waals surface area contributed by atoms with E-state index in [9.17, 15) is 0 Å². The van der Waals surface area contributed by atoms with Gasteiger partial charge in [0.2, 0.25) is 0 Å². The lowest BCUT2D eigenvalue weighted by atomic mass is 10.0. The Morgan fingerprint density at radius 1 is 0.870 bits per heavy atom. The summed E-state index contributed by atoms with van der Waals surface area (Å²) in [5.41, 5.74) is 6.94. The van der Waals surface area contributed by atoms with E-state index in [0.717, 1.165) is 16.9 Å². The van der Waals surface area contributed by atoms with Gasteiger partial charge in [-0.05, 0) is 42.7 Å². The summed E-state index contributed by atoms with van der Waals surface area (Å²) < 4.78 is 0. The van der Waals surface area contributed by atoms with Crippen molar-refractivity contribution >= 4 is 11.4 Å². The Bertz CT molecular complexity index is 778. The second-order valence-corrected chi connectivity index (χ2v) is 5.71. The molecule has 3 rings (SSSR count). The highest BCUT2D eigenvalue weighted by Gasteiger charge is 2.05. The van der Waals surface area contributed by atoms with Gasteiger partial charge in [0, 0.05) is 23.5 Å². The van der Waals surface area contributed by atoms with E-state index in [1.165, 1.54) is 16.7 Å². The van der Waals surface area contributed by atoms with Crippen molar-refractivity contribution in [3.63, 3.8) is 0 Å². The monoisotopic (exact) mass is 303 g/mol. The fraction of sp³-hybridized carbons (Fsp3) is 0.143. The van der Waals surface area contributed by atoms with Gasteiger partial charge in [-0.3, -0.25) is 0 Å². The molecule has 3 aromatic rings. The Labute approximate surface area is 137 Å². The molecule has 2 heteroatoms. The minimum atomic E-state index is 0.183. The van der Waals surface area contributed by atoms with Crippen LogP contribution in [0.2, 0.25) is 0 Å². The van der Waals surface area contributed by atoms with E-state index >= 15 is 0 Å². The van der Waals surface area contributed by atoms with Gasteiger partial charge in [-0.15, -0.1) is 0 Å². The van der Waals surface area contributed by atoms with E-state index in [-0.39, 0.29) is 6.61 Å². The molecule has 0 aromatic heterocycles. The fourth-order valence-electron chi connectivity index (χ4n) is 2.70. The molecule has 0 amide bonds. The maximum atomic E-state index is 8.99. The predicted octanol–water partition coefficient (Wildman–Crippen LogP) is 4.94. The van der Waals surface area contributed by atoms with Crippen LogP contribution in [0.3, 0.4) is 0 Å². The highest BCUT2D eigenvalue weighted by molar-refractivity contribution is 5.81. The lowest BCUT2D eigenvalue weighted by molar-refractivity contribution is 0.299. The van der Waals surface area contributed by atoms with Crippen LogP contribution >= 0.6 is 0 Å². The van der Waals surface area contributed by atoms with Gasteiger partial charge in [0.25, 0.3) is 0 Å². The maximum Gasteiger partial charge on any atom is 0.0471 e. The van der Waals surface area contributed by atoms with Crippen LogP contribution < -0.4 is 5.32 Å². The normalized spacial score (nSPS) is 10.5. The first-order valence-corrected chi connectivity index (χ1v) is 7.89. The molecular weight excluding hydrogens is 282 g/mol. The van der Waals surface area contributed by atoms with Crippen molar-refractivity contribution in [2.45, 2.75) is 13.3 Å². The summed E-state index contributed by atoms with van der Waals surface area (Å²) in [6.45, 7) is 2.29. The van der Waals surface area contributed by atoms with Crippen LogP contribution in [0.5, 0.6) is 0 Å². The maximum absolute atomic E-state index is 8.99. The molecule has 0 aliphatic rings. The molecular formula is C21H21NO. The summed E-state index contributed by atoms with van der Waals surface area (Å²) >= 11 is 0. The number of para-hydroxylation sites is 1. The van der Waals surface area contributed by atoms with Crippen molar-refractivity contribution in [3.8, 4) is 11.1 Å². The quantitative estimate of drug-likeness (QED) is 0.699. The number of nitrogens with one attached hydrogen (secondary N) is 1. The van der Waals surface area contributed by atoms with Gasteiger partial charge in [0.05, 0.1) is 0 Å². The largest absolute Gasteiger partial charge is 0.396 e. The minimum Gasteiger partial charge on any atom is -0.396 e. The van der Waals surface area contributed by atoms with Gasteiger partial charge in [0.1, 0.15) is 0 Å². The van der Waals surface area contributed by atoms with E-state index in [2.05, 4.69) is 66.8 Å². The number of aliphatic hydroxyl groups excluding tert-OH is 1. The van der Waals surface area contributed by atoms with E-state index < -0.39 is 0 Å². The Morgan fingerprint density at radius 3 is 2.39 bits per heavy atom. The molecule has 0 atom stereocenters.